The first kappa shape index (κ1) is 11.8. The van der Waals surface area contributed by atoms with Gasteiger partial charge in [-0.2, -0.15) is 0 Å². The predicted octanol–water partition coefficient (Wildman–Crippen LogP) is 1.55. The monoisotopic (exact) mass is 221 g/mol. The maximum Gasteiger partial charge on any atom is 0.171 e. The largest absolute Gasteiger partial charge is 0.494 e. The van der Waals surface area contributed by atoms with Gasteiger partial charge in [0, 0.05) is 18.1 Å². The lowest BCUT2D eigenvalue weighted by molar-refractivity contribution is 0.139. The van der Waals surface area contributed by atoms with E-state index in [0.717, 1.165) is 0 Å². The molecule has 0 atom stereocenters. The summed E-state index contributed by atoms with van der Waals surface area (Å²) in [5.74, 6) is 1.02. The van der Waals surface area contributed by atoms with Gasteiger partial charge in [-0.3, -0.25) is 0 Å². The van der Waals surface area contributed by atoms with Gasteiger partial charge in [-0.05, 0) is 0 Å². The zero-order valence-corrected chi connectivity index (χ0v) is 8.02. The Kier molecular flexibility index (Phi) is 3.93. The number of hydrogen-bond donors (Lipinski definition) is 1. The van der Waals surface area contributed by atoms with Crippen molar-refractivity contribution >= 4 is 0 Å². The highest BCUT2D eigenvalue weighted by atomic mass is 19.2. The minimum Gasteiger partial charge on any atom is -0.494 e. The summed E-state index contributed by atoms with van der Waals surface area (Å²) < 4.78 is 44.0. The van der Waals surface area contributed by atoms with E-state index in [-0.39, 0.29) is 18.8 Å². The SMILES string of the molecule is COc1cc(F)c(F)c(CCON)c1F. The van der Waals surface area contributed by atoms with Crippen molar-refractivity contribution < 1.29 is 22.7 Å². The number of methoxy groups -OCH3 is 1. The van der Waals surface area contributed by atoms with Crippen LogP contribution in [0.4, 0.5) is 13.2 Å². The zero-order valence-electron chi connectivity index (χ0n) is 8.02. The number of benzene rings is 1. The topological polar surface area (TPSA) is 44.5 Å². The van der Waals surface area contributed by atoms with E-state index in [1.165, 1.54) is 7.11 Å². The lowest BCUT2D eigenvalue weighted by Gasteiger charge is -2.09. The Bertz CT molecular complexity index is 358. The van der Waals surface area contributed by atoms with Crippen molar-refractivity contribution in [2.75, 3.05) is 13.7 Å². The molecule has 1 rings (SSSR count). The van der Waals surface area contributed by atoms with Crippen LogP contribution in [-0.4, -0.2) is 13.7 Å². The normalized spacial score (nSPS) is 10.5. The van der Waals surface area contributed by atoms with E-state index < -0.39 is 23.0 Å². The van der Waals surface area contributed by atoms with Crippen LogP contribution in [0.5, 0.6) is 5.75 Å². The summed E-state index contributed by atoms with van der Waals surface area (Å²) in [5, 5.41) is 0. The molecule has 1 aromatic rings. The van der Waals surface area contributed by atoms with Gasteiger partial charge in [0.05, 0.1) is 13.7 Å². The molecule has 0 spiro atoms. The fraction of sp³-hybridized carbons (Fsp3) is 0.333. The zero-order chi connectivity index (χ0) is 11.4. The van der Waals surface area contributed by atoms with Crippen LogP contribution in [0.2, 0.25) is 0 Å². The molecule has 0 heterocycles. The molecule has 6 heteroatoms. The third-order valence-corrected chi connectivity index (χ3v) is 1.90. The molecular formula is C9H10F3NO2. The van der Waals surface area contributed by atoms with Crippen molar-refractivity contribution in [3.63, 3.8) is 0 Å². The van der Waals surface area contributed by atoms with E-state index in [0.29, 0.717) is 6.07 Å². The summed E-state index contributed by atoms with van der Waals surface area (Å²) in [6.45, 7) is -0.111. The van der Waals surface area contributed by atoms with Crippen molar-refractivity contribution in [1.82, 2.24) is 0 Å². The van der Waals surface area contributed by atoms with Gasteiger partial charge < -0.3 is 9.57 Å². The van der Waals surface area contributed by atoms with Gasteiger partial charge in [0.2, 0.25) is 0 Å². The summed E-state index contributed by atoms with van der Waals surface area (Å²) in [6.07, 6.45) is -0.164. The molecule has 15 heavy (non-hydrogen) atoms. The van der Waals surface area contributed by atoms with Gasteiger partial charge in [0.1, 0.15) is 0 Å². The molecule has 84 valence electrons. The maximum atomic E-state index is 13.4. The number of hydrogen-bond acceptors (Lipinski definition) is 3. The molecule has 0 bridgehead atoms. The van der Waals surface area contributed by atoms with Crippen LogP contribution < -0.4 is 10.6 Å². The van der Waals surface area contributed by atoms with E-state index >= 15 is 0 Å². The fourth-order valence-corrected chi connectivity index (χ4v) is 1.16. The highest BCUT2D eigenvalue weighted by Gasteiger charge is 2.18. The van der Waals surface area contributed by atoms with Crippen molar-refractivity contribution in [2.45, 2.75) is 6.42 Å². The molecule has 0 unspecified atom stereocenters. The van der Waals surface area contributed by atoms with E-state index in [1.807, 2.05) is 0 Å². The van der Waals surface area contributed by atoms with Crippen molar-refractivity contribution in [1.29, 1.82) is 0 Å². The second-order valence-corrected chi connectivity index (χ2v) is 2.79. The highest BCUT2D eigenvalue weighted by Crippen LogP contribution is 2.25. The lowest BCUT2D eigenvalue weighted by Crippen LogP contribution is -2.09. The third-order valence-electron chi connectivity index (χ3n) is 1.90. The van der Waals surface area contributed by atoms with Gasteiger partial charge in [0.25, 0.3) is 0 Å². The Morgan fingerprint density at radius 3 is 2.47 bits per heavy atom. The Labute approximate surface area is 84.5 Å². The quantitative estimate of drug-likeness (QED) is 0.619. The molecule has 0 aliphatic heterocycles. The van der Waals surface area contributed by atoms with Crippen molar-refractivity contribution in [2.24, 2.45) is 5.90 Å². The minimum absolute atomic E-state index is 0.111. The molecular weight excluding hydrogens is 211 g/mol. The molecule has 0 amide bonds. The second-order valence-electron chi connectivity index (χ2n) is 2.79. The van der Waals surface area contributed by atoms with Gasteiger partial charge in [-0.25, -0.2) is 19.1 Å². The number of rotatable bonds is 4. The summed E-state index contributed by atoms with van der Waals surface area (Å²) in [7, 11) is 1.17. The van der Waals surface area contributed by atoms with Gasteiger partial charge in [-0.1, -0.05) is 0 Å². The molecule has 0 fully saturated rings. The molecule has 2 N–H and O–H groups in total. The summed E-state index contributed by atoms with van der Waals surface area (Å²) in [4.78, 5) is 4.17. The van der Waals surface area contributed by atoms with Crippen LogP contribution in [0.1, 0.15) is 5.56 Å². The van der Waals surface area contributed by atoms with Crippen LogP contribution in [0.25, 0.3) is 0 Å². The first-order chi connectivity index (χ1) is 7.11. The molecule has 0 aromatic heterocycles. The Morgan fingerprint density at radius 1 is 1.27 bits per heavy atom. The summed E-state index contributed by atoms with van der Waals surface area (Å²) in [5.41, 5.74) is -0.433. The third kappa shape index (κ3) is 2.40. The molecule has 0 saturated heterocycles. The fourth-order valence-electron chi connectivity index (χ4n) is 1.16. The lowest BCUT2D eigenvalue weighted by atomic mass is 10.1. The van der Waals surface area contributed by atoms with Gasteiger partial charge in [-0.15, -0.1) is 0 Å². The van der Waals surface area contributed by atoms with Crippen LogP contribution in [0.15, 0.2) is 6.07 Å². The molecule has 0 aliphatic carbocycles. The second kappa shape index (κ2) is 4.99. The molecule has 0 radical (unpaired) electrons. The van der Waals surface area contributed by atoms with E-state index in [2.05, 4.69) is 9.57 Å². The molecule has 1 aromatic carbocycles. The average Bonchev–Trinajstić information content (AvgIpc) is 2.23. The van der Waals surface area contributed by atoms with E-state index in [4.69, 9.17) is 5.90 Å². The molecule has 0 saturated carbocycles. The van der Waals surface area contributed by atoms with Crippen LogP contribution >= 0.6 is 0 Å². The minimum atomic E-state index is -1.25. The Morgan fingerprint density at radius 2 is 1.93 bits per heavy atom. The van der Waals surface area contributed by atoms with Crippen LogP contribution in [0, 0.1) is 17.5 Å². The average molecular weight is 221 g/mol. The Balaban J connectivity index is 3.15. The standard InChI is InChI=1S/C9H10F3NO2/c1-14-7-4-6(10)8(11)5(9(7)12)2-3-15-13/h4H,2-3,13H2,1H3. The highest BCUT2D eigenvalue weighted by molar-refractivity contribution is 5.33. The summed E-state index contributed by atoms with van der Waals surface area (Å²) >= 11 is 0. The predicted molar refractivity (Wildman–Crippen MR) is 46.7 cm³/mol. The smallest absolute Gasteiger partial charge is 0.171 e. The van der Waals surface area contributed by atoms with Crippen LogP contribution in [-0.2, 0) is 11.3 Å². The Hall–Kier alpha value is -1.27. The molecule has 0 aliphatic rings. The van der Waals surface area contributed by atoms with Crippen LogP contribution in [0.3, 0.4) is 0 Å². The number of nitrogens with two attached hydrogens (primary N) is 1. The maximum absolute atomic E-state index is 13.4. The number of ether oxygens (including phenoxy) is 1. The summed E-state index contributed by atoms with van der Waals surface area (Å²) in [6, 6.07) is 0.650. The molecule has 3 nitrogen and oxygen atoms in total. The van der Waals surface area contributed by atoms with E-state index in [9.17, 15) is 13.2 Å². The van der Waals surface area contributed by atoms with Gasteiger partial charge >= 0.3 is 0 Å². The van der Waals surface area contributed by atoms with E-state index in [1.54, 1.807) is 0 Å². The first-order valence-corrected chi connectivity index (χ1v) is 4.13. The number of halogens is 3. The first-order valence-electron chi connectivity index (χ1n) is 4.13. The van der Waals surface area contributed by atoms with Crippen molar-refractivity contribution in [3.05, 3.63) is 29.1 Å². The van der Waals surface area contributed by atoms with Gasteiger partial charge in [0.15, 0.2) is 23.2 Å². The van der Waals surface area contributed by atoms with Crippen molar-refractivity contribution in [3.8, 4) is 5.75 Å².